The zero-order valence-corrected chi connectivity index (χ0v) is 17.6. The lowest BCUT2D eigenvalue weighted by Crippen LogP contribution is -2.54. The molecular weight excluding hydrogens is 443 g/mol. The second-order valence-corrected chi connectivity index (χ2v) is 7.48. The van der Waals surface area contributed by atoms with Crippen LogP contribution in [0.3, 0.4) is 0 Å². The van der Waals surface area contributed by atoms with Gasteiger partial charge in [-0.2, -0.15) is 0 Å². The van der Waals surface area contributed by atoms with Crippen molar-refractivity contribution in [1.82, 2.24) is 5.32 Å². The highest BCUT2D eigenvalue weighted by atomic mass is 19.1. The number of anilines is 1. The minimum Gasteiger partial charge on any atom is -0.489 e. The molecule has 0 aliphatic carbocycles. The van der Waals surface area contributed by atoms with Gasteiger partial charge in [0.05, 0.1) is 5.69 Å². The van der Waals surface area contributed by atoms with Crippen molar-refractivity contribution in [2.75, 3.05) is 11.7 Å². The number of barbiturate groups is 1. The standard InChI is InChI=1S/C25H17FN2O6/c26-17-5-1-16(2-6-17)13-32-19-8-3-15(4-9-19)11-20-23(29)27-25(31)28(24(20)30)18-7-10-21-22(12-18)34-14-33-21/h1-12H,13-14H2,(H,27,29,31)/b20-11+. The van der Waals surface area contributed by atoms with E-state index in [9.17, 15) is 18.8 Å². The number of rotatable bonds is 5. The number of hydrogen-bond acceptors (Lipinski definition) is 6. The van der Waals surface area contributed by atoms with Crippen LogP contribution in [0.2, 0.25) is 0 Å². The van der Waals surface area contributed by atoms with Crippen LogP contribution < -0.4 is 24.4 Å². The lowest BCUT2D eigenvalue weighted by molar-refractivity contribution is -0.122. The maximum atomic E-state index is 13.1. The molecule has 170 valence electrons. The zero-order valence-electron chi connectivity index (χ0n) is 17.6. The van der Waals surface area contributed by atoms with Crippen molar-refractivity contribution in [3.8, 4) is 17.2 Å². The van der Waals surface area contributed by atoms with Gasteiger partial charge in [-0.1, -0.05) is 24.3 Å². The first kappa shape index (κ1) is 21.2. The normalized spacial score (nSPS) is 16.1. The fourth-order valence-corrected chi connectivity index (χ4v) is 3.49. The molecule has 0 unspecified atom stereocenters. The summed E-state index contributed by atoms with van der Waals surface area (Å²) in [6.07, 6.45) is 1.40. The van der Waals surface area contributed by atoms with Crippen molar-refractivity contribution in [1.29, 1.82) is 0 Å². The summed E-state index contributed by atoms with van der Waals surface area (Å²) in [5, 5.41) is 2.19. The first-order chi connectivity index (χ1) is 16.5. The molecule has 0 bridgehead atoms. The van der Waals surface area contributed by atoms with Gasteiger partial charge in [-0.15, -0.1) is 0 Å². The Balaban J connectivity index is 1.33. The van der Waals surface area contributed by atoms with E-state index in [1.165, 1.54) is 30.3 Å². The smallest absolute Gasteiger partial charge is 0.335 e. The number of carbonyl (C=O) groups excluding carboxylic acids is 3. The molecule has 0 aromatic heterocycles. The summed E-state index contributed by atoms with van der Waals surface area (Å²) >= 11 is 0. The number of imide groups is 2. The van der Waals surface area contributed by atoms with Crippen LogP contribution >= 0.6 is 0 Å². The number of carbonyl (C=O) groups is 3. The Morgan fingerprint density at radius 3 is 2.44 bits per heavy atom. The van der Waals surface area contributed by atoms with Crippen LogP contribution in [0.15, 0.2) is 72.3 Å². The second kappa shape index (κ2) is 8.70. The molecule has 0 spiro atoms. The molecule has 2 aliphatic heterocycles. The van der Waals surface area contributed by atoms with Crippen molar-refractivity contribution in [2.45, 2.75) is 6.61 Å². The van der Waals surface area contributed by atoms with Crippen LogP contribution in [0.1, 0.15) is 11.1 Å². The summed E-state index contributed by atoms with van der Waals surface area (Å²) in [5.41, 5.74) is 1.42. The van der Waals surface area contributed by atoms with Gasteiger partial charge in [-0.25, -0.2) is 14.1 Å². The van der Waals surface area contributed by atoms with Crippen molar-refractivity contribution in [3.05, 3.63) is 89.2 Å². The molecule has 5 rings (SSSR count). The Morgan fingerprint density at radius 2 is 1.68 bits per heavy atom. The number of benzene rings is 3. The van der Waals surface area contributed by atoms with E-state index in [0.717, 1.165) is 10.5 Å². The highest BCUT2D eigenvalue weighted by Crippen LogP contribution is 2.36. The number of hydrogen-bond donors (Lipinski definition) is 1. The minimum atomic E-state index is -0.851. The maximum absolute atomic E-state index is 13.1. The fourth-order valence-electron chi connectivity index (χ4n) is 3.49. The SMILES string of the molecule is O=C1NC(=O)N(c2ccc3c(c2)OCO3)C(=O)/C1=C/c1ccc(OCc2ccc(F)cc2)cc1. The average molecular weight is 460 g/mol. The monoisotopic (exact) mass is 460 g/mol. The number of nitrogens with one attached hydrogen (secondary N) is 1. The van der Waals surface area contributed by atoms with Gasteiger partial charge in [0.1, 0.15) is 23.7 Å². The van der Waals surface area contributed by atoms with Gasteiger partial charge >= 0.3 is 6.03 Å². The van der Waals surface area contributed by atoms with E-state index in [1.54, 1.807) is 42.5 Å². The Hall–Kier alpha value is -4.66. The predicted molar refractivity (Wildman–Crippen MR) is 119 cm³/mol. The summed E-state index contributed by atoms with van der Waals surface area (Å²) in [6, 6.07) is 16.5. The number of amides is 4. The van der Waals surface area contributed by atoms with Gasteiger partial charge in [-0.05, 0) is 53.6 Å². The summed E-state index contributed by atoms with van der Waals surface area (Å²) in [6.45, 7) is 0.306. The Morgan fingerprint density at radius 1 is 0.941 bits per heavy atom. The molecule has 9 heteroatoms. The third kappa shape index (κ3) is 4.18. The van der Waals surface area contributed by atoms with Crippen LogP contribution in [0, 0.1) is 5.82 Å². The highest BCUT2D eigenvalue weighted by Gasteiger charge is 2.37. The molecule has 2 aliphatic rings. The van der Waals surface area contributed by atoms with E-state index in [0.29, 0.717) is 22.8 Å². The average Bonchev–Trinajstić information content (AvgIpc) is 3.30. The topological polar surface area (TPSA) is 94.2 Å². The van der Waals surface area contributed by atoms with Crippen LogP contribution in [-0.2, 0) is 16.2 Å². The van der Waals surface area contributed by atoms with Crippen molar-refractivity contribution < 1.29 is 33.0 Å². The van der Waals surface area contributed by atoms with Gasteiger partial charge < -0.3 is 14.2 Å². The molecule has 4 amide bonds. The van der Waals surface area contributed by atoms with Gasteiger partial charge in [0.25, 0.3) is 11.8 Å². The third-order valence-corrected chi connectivity index (χ3v) is 5.23. The van der Waals surface area contributed by atoms with E-state index in [4.69, 9.17) is 14.2 Å². The molecule has 8 nitrogen and oxygen atoms in total. The van der Waals surface area contributed by atoms with Crippen LogP contribution in [0.5, 0.6) is 17.2 Å². The van der Waals surface area contributed by atoms with E-state index >= 15 is 0 Å². The first-order valence-corrected chi connectivity index (χ1v) is 10.3. The highest BCUT2D eigenvalue weighted by molar-refractivity contribution is 6.39. The molecule has 1 saturated heterocycles. The van der Waals surface area contributed by atoms with Gasteiger partial charge in [0.15, 0.2) is 11.5 Å². The van der Waals surface area contributed by atoms with Crippen LogP contribution in [0.4, 0.5) is 14.9 Å². The van der Waals surface area contributed by atoms with Crippen molar-refractivity contribution >= 4 is 29.6 Å². The summed E-state index contributed by atoms with van der Waals surface area (Å²) in [4.78, 5) is 38.7. The Labute approximate surface area is 193 Å². The van der Waals surface area contributed by atoms with Crippen LogP contribution in [0.25, 0.3) is 6.08 Å². The minimum absolute atomic E-state index is 0.0478. The maximum Gasteiger partial charge on any atom is 0.335 e. The third-order valence-electron chi connectivity index (χ3n) is 5.23. The summed E-state index contributed by atoms with van der Waals surface area (Å²) in [7, 11) is 0. The molecule has 1 fully saturated rings. The predicted octanol–water partition coefficient (Wildman–Crippen LogP) is 3.80. The lowest BCUT2D eigenvalue weighted by atomic mass is 10.1. The Kier molecular flexibility index (Phi) is 5.43. The lowest BCUT2D eigenvalue weighted by Gasteiger charge is -2.26. The molecule has 3 aromatic carbocycles. The van der Waals surface area contributed by atoms with Crippen LogP contribution in [-0.4, -0.2) is 24.6 Å². The number of urea groups is 1. The molecule has 0 saturated carbocycles. The summed E-state index contributed by atoms with van der Waals surface area (Å²) < 4.78 is 29.2. The molecule has 3 aromatic rings. The molecule has 2 heterocycles. The number of ether oxygens (including phenoxy) is 3. The summed E-state index contributed by atoms with van der Waals surface area (Å²) in [5.74, 6) is -0.406. The van der Waals surface area contributed by atoms with Crippen molar-refractivity contribution in [3.63, 3.8) is 0 Å². The Bertz CT molecular complexity index is 1320. The first-order valence-electron chi connectivity index (χ1n) is 10.3. The van der Waals surface area contributed by atoms with Gasteiger partial charge in [-0.3, -0.25) is 14.9 Å². The quantitative estimate of drug-likeness (QED) is 0.460. The molecule has 1 N–H and O–H groups in total. The van der Waals surface area contributed by atoms with Crippen molar-refractivity contribution in [2.24, 2.45) is 0 Å². The number of halogens is 1. The number of nitrogens with zero attached hydrogens (tertiary/aromatic N) is 1. The van der Waals surface area contributed by atoms with E-state index in [2.05, 4.69) is 5.32 Å². The van der Waals surface area contributed by atoms with E-state index in [-0.39, 0.29) is 30.5 Å². The zero-order chi connectivity index (χ0) is 23.7. The number of fused-ring (bicyclic) bond motifs is 1. The second-order valence-electron chi connectivity index (χ2n) is 7.48. The molecular formula is C25H17FN2O6. The van der Waals surface area contributed by atoms with Gasteiger partial charge in [0, 0.05) is 6.07 Å². The largest absolute Gasteiger partial charge is 0.489 e. The van der Waals surface area contributed by atoms with E-state index < -0.39 is 17.8 Å². The van der Waals surface area contributed by atoms with E-state index in [1.807, 2.05) is 0 Å². The molecule has 0 radical (unpaired) electrons. The molecule has 0 atom stereocenters. The molecule has 34 heavy (non-hydrogen) atoms. The van der Waals surface area contributed by atoms with Gasteiger partial charge in [0.2, 0.25) is 6.79 Å². The fraction of sp³-hybridized carbons (Fsp3) is 0.0800.